The summed E-state index contributed by atoms with van der Waals surface area (Å²) in [7, 11) is 0. The van der Waals surface area contributed by atoms with E-state index in [1.807, 2.05) is 23.9 Å². The van der Waals surface area contributed by atoms with Crippen molar-refractivity contribution in [2.24, 2.45) is 0 Å². The van der Waals surface area contributed by atoms with Gasteiger partial charge in [0.05, 0.1) is 6.33 Å². The lowest BCUT2D eigenvalue weighted by atomic mass is 10.2. The maximum atomic E-state index is 3.91. The zero-order valence-electron chi connectivity index (χ0n) is 10.4. The van der Waals surface area contributed by atoms with Crippen LogP contribution in [0.2, 0.25) is 0 Å². The molecule has 2 rings (SSSR count). The van der Waals surface area contributed by atoms with Gasteiger partial charge in [0, 0.05) is 23.3 Å². The van der Waals surface area contributed by atoms with Crippen molar-refractivity contribution in [3.05, 3.63) is 41.1 Å². The monoisotopic (exact) mass is 236 g/mol. The summed E-state index contributed by atoms with van der Waals surface area (Å²) in [5, 5.41) is 2.12. The van der Waals surface area contributed by atoms with Crippen LogP contribution in [-0.2, 0) is 0 Å². The lowest BCUT2D eigenvalue weighted by Gasteiger charge is -2.02. The lowest BCUT2D eigenvalue weighted by Crippen LogP contribution is -1.95. The van der Waals surface area contributed by atoms with Gasteiger partial charge in [0.1, 0.15) is 0 Å². The van der Waals surface area contributed by atoms with Crippen LogP contribution in [0.25, 0.3) is 0 Å². The van der Waals surface area contributed by atoms with Gasteiger partial charge in [-0.2, -0.15) is 0 Å². The normalized spacial score (nSPS) is 10.4. The molecule has 0 bridgehead atoms. The fraction of sp³-hybridized carbons (Fsp3) is 0.462. The largest absolute Gasteiger partial charge is 0.335 e. The van der Waals surface area contributed by atoms with Crippen molar-refractivity contribution in [1.29, 1.82) is 0 Å². The molecule has 2 aromatic heterocycles. The quantitative estimate of drug-likeness (QED) is 0.758. The molecule has 0 amide bonds. The van der Waals surface area contributed by atoms with E-state index in [0.29, 0.717) is 12.0 Å². The van der Waals surface area contributed by atoms with Crippen LogP contribution in [-0.4, -0.2) is 9.55 Å². The van der Waals surface area contributed by atoms with Crippen LogP contribution in [0, 0.1) is 0 Å². The second-order valence-electron chi connectivity index (χ2n) is 4.27. The summed E-state index contributed by atoms with van der Waals surface area (Å²) >= 11 is 1.83. The number of rotatable bonds is 2. The molecule has 0 radical (unpaired) electrons. The molecule has 0 atom stereocenters. The summed E-state index contributed by atoms with van der Waals surface area (Å²) < 4.78 is 2.06. The van der Waals surface area contributed by atoms with Gasteiger partial charge >= 0.3 is 0 Å². The second-order valence-corrected chi connectivity index (χ2v) is 5.25. The zero-order valence-corrected chi connectivity index (χ0v) is 11.2. The number of imidazole rings is 1. The minimum atomic E-state index is 0.539. The average Bonchev–Trinajstić information content (AvgIpc) is 2.93. The van der Waals surface area contributed by atoms with Crippen LogP contribution in [0.15, 0.2) is 36.2 Å². The van der Waals surface area contributed by atoms with Gasteiger partial charge in [-0.1, -0.05) is 19.9 Å². The zero-order chi connectivity index (χ0) is 12.0. The highest BCUT2D eigenvalue weighted by Gasteiger charge is 1.95. The molecule has 0 aliphatic rings. The van der Waals surface area contributed by atoms with E-state index < -0.39 is 0 Å². The molecule has 3 heteroatoms. The number of aromatic nitrogens is 2. The molecule has 0 saturated carbocycles. The van der Waals surface area contributed by atoms with E-state index in [0.717, 1.165) is 0 Å². The first-order chi connectivity index (χ1) is 7.61. The van der Waals surface area contributed by atoms with Gasteiger partial charge in [0.2, 0.25) is 0 Å². The van der Waals surface area contributed by atoms with E-state index in [9.17, 15) is 0 Å². The molecule has 0 saturated heterocycles. The first-order valence-corrected chi connectivity index (χ1v) is 6.50. The van der Waals surface area contributed by atoms with Gasteiger partial charge in [-0.15, -0.1) is 11.3 Å². The van der Waals surface area contributed by atoms with E-state index in [1.165, 1.54) is 4.88 Å². The van der Waals surface area contributed by atoms with Crippen LogP contribution in [0.1, 0.15) is 44.5 Å². The Bertz CT molecular complexity index is 322. The van der Waals surface area contributed by atoms with Crippen molar-refractivity contribution in [2.45, 2.75) is 39.7 Å². The lowest BCUT2D eigenvalue weighted by molar-refractivity contribution is 0.600. The molecule has 0 aromatic carbocycles. The Hall–Kier alpha value is -1.09. The molecule has 0 unspecified atom stereocenters. The van der Waals surface area contributed by atoms with Crippen LogP contribution < -0.4 is 0 Å². The predicted molar refractivity (Wildman–Crippen MR) is 71.0 cm³/mol. The molecule has 2 aromatic rings. The maximum absolute atomic E-state index is 3.91. The molecule has 88 valence electrons. The van der Waals surface area contributed by atoms with Gasteiger partial charge in [-0.3, -0.25) is 0 Å². The summed E-state index contributed by atoms with van der Waals surface area (Å²) in [5.41, 5.74) is 0. The molecule has 2 nitrogen and oxygen atoms in total. The summed E-state index contributed by atoms with van der Waals surface area (Å²) in [5.74, 6) is 0.704. The molecule has 0 aliphatic heterocycles. The van der Waals surface area contributed by atoms with Crippen molar-refractivity contribution < 1.29 is 0 Å². The molecule has 0 N–H and O–H groups in total. The molecule has 2 heterocycles. The summed E-state index contributed by atoms with van der Waals surface area (Å²) in [6, 6.07) is 4.81. The fourth-order valence-corrected chi connectivity index (χ4v) is 1.94. The van der Waals surface area contributed by atoms with E-state index in [2.05, 4.69) is 54.8 Å². The summed E-state index contributed by atoms with van der Waals surface area (Å²) in [6.45, 7) is 8.68. The van der Waals surface area contributed by atoms with E-state index in [4.69, 9.17) is 0 Å². The van der Waals surface area contributed by atoms with Crippen LogP contribution in [0.3, 0.4) is 0 Å². The minimum absolute atomic E-state index is 0.539. The second kappa shape index (κ2) is 6.48. The minimum Gasteiger partial charge on any atom is -0.335 e. The molecule has 0 spiro atoms. The predicted octanol–water partition coefficient (Wildman–Crippen LogP) is 4.34. The van der Waals surface area contributed by atoms with E-state index >= 15 is 0 Å². The first kappa shape index (κ1) is 13.0. The van der Waals surface area contributed by atoms with Gasteiger partial charge in [-0.25, -0.2) is 4.98 Å². The fourth-order valence-electron chi connectivity index (χ4n) is 1.19. The number of hydrogen-bond acceptors (Lipinski definition) is 2. The molecular weight excluding hydrogens is 216 g/mol. The Balaban J connectivity index is 0.000000160. The highest BCUT2D eigenvalue weighted by Crippen LogP contribution is 2.18. The first-order valence-electron chi connectivity index (χ1n) is 5.62. The molecule has 16 heavy (non-hydrogen) atoms. The Morgan fingerprint density at radius 1 is 1.25 bits per heavy atom. The van der Waals surface area contributed by atoms with E-state index in [1.54, 1.807) is 6.20 Å². The average molecular weight is 236 g/mol. The molecule has 0 fully saturated rings. The van der Waals surface area contributed by atoms with Crippen molar-refractivity contribution in [3.63, 3.8) is 0 Å². The Morgan fingerprint density at radius 2 is 2.00 bits per heavy atom. The van der Waals surface area contributed by atoms with Crippen LogP contribution in [0.5, 0.6) is 0 Å². The van der Waals surface area contributed by atoms with Gasteiger partial charge in [-0.05, 0) is 31.2 Å². The SMILES string of the molecule is CC(C)c1cccs1.CC(C)n1ccnc1. The van der Waals surface area contributed by atoms with Crippen molar-refractivity contribution in [1.82, 2.24) is 9.55 Å². The van der Waals surface area contributed by atoms with Crippen molar-refractivity contribution in [2.75, 3.05) is 0 Å². The number of hydrogen-bond donors (Lipinski definition) is 0. The van der Waals surface area contributed by atoms with Crippen molar-refractivity contribution >= 4 is 11.3 Å². The molecular formula is C13H20N2S. The van der Waals surface area contributed by atoms with Gasteiger partial charge in [0.25, 0.3) is 0 Å². The number of thiophene rings is 1. The highest BCUT2D eigenvalue weighted by atomic mass is 32.1. The third-order valence-corrected chi connectivity index (χ3v) is 3.41. The highest BCUT2D eigenvalue weighted by molar-refractivity contribution is 7.10. The Morgan fingerprint density at radius 3 is 2.25 bits per heavy atom. The summed E-state index contributed by atoms with van der Waals surface area (Å²) in [6.07, 6.45) is 5.58. The van der Waals surface area contributed by atoms with Gasteiger partial charge < -0.3 is 4.57 Å². The van der Waals surface area contributed by atoms with E-state index in [-0.39, 0.29) is 0 Å². The van der Waals surface area contributed by atoms with Crippen LogP contribution in [0.4, 0.5) is 0 Å². The third kappa shape index (κ3) is 4.19. The smallest absolute Gasteiger partial charge is 0.0948 e. The standard InChI is InChI=1S/C7H10S.C6H10N2/c1-6(2)7-4-3-5-8-7;1-6(2)8-4-3-7-5-8/h2*3-6H,1-2H3. The van der Waals surface area contributed by atoms with Crippen LogP contribution >= 0.6 is 11.3 Å². The summed E-state index contributed by atoms with van der Waals surface area (Å²) in [4.78, 5) is 5.38. The Kier molecular flexibility index (Phi) is 5.26. The van der Waals surface area contributed by atoms with Gasteiger partial charge in [0.15, 0.2) is 0 Å². The van der Waals surface area contributed by atoms with Crippen molar-refractivity contribution in [3.8, 4) is 0 Å². The molecule has 0 aliphatic carbocycles. The Labute approximate surface area is 102 Å². The third-order valence-electron chi connectivity index (χ3n) is 2.23. The maximum Gasteiger partial charge on any atom is 0.0948 e. The number of nitrogens with zero attached hydrogens (tertiary/aromatic N) is 2. The topological polar surface area (TPSA) is 17.8 Å².